The first kappa shape index (κ1) is 86.6. The predicted molar refractivity (Wildman–Crippen MR) is 346 cm³/mol. The first-order valence-electron chi connectivity index (χ1n) is 34.1. The largest absolute Gasteiger partial charge is 0.394 e. The normalized spacial score (nSPS) is 29.5. The molecular weight excluding hydrogens is 1410 g/mol. The van der Waals surface area contributed by atoms with E-state index in [-0.39, 0.29) is 109 Å². The Labute approximate surface area is 600 Å². The molecule has 23 N–H and O–H groups in total. The molecule has 45 heteroatoms. The van der Waals surface area contributed by atoms with Crippen molar-refractivity contribution in [3.8, 4) is 0 Å². The lowest BCUT2D eigenvalue weighted by atomic mass is 9.95. The number of hydrazine groups is 1. The molecule has 0 bridgehead atoms. The molecule has 0 aromatic carbocycles. The van der Waals surface area contributed by atoms with Gasteiger partial charge in [0.1, 0.15) is 121 Å². The SMILES string of the molecule is CC(=O)NC(CCC(=O)NCc1cn(CCO[C@@H]2O[C@H](CO)[C@@H](O[C@@H]3O[C@H](CO)[C@H](O)[C@H](O)[C@H]3O)[C@H](O)[C@H]2NC(C)=O)nn1)C(=O)NCCCC(=O)NC(CCC(=O)NCc1cn(CCO[C@@H]2O[C@H](CO)[C@@H](O[C@@H]3O[C@H](CO)[C@H](O)[C@H](O)[C@H]3O)[C@H](O)[C@H]2NC(C)=O)nn1)C(=O)NCCCCCC(=O)NN. The van der Waals surface area contributed by atoms with Crippen LogP contribution in [0.5, 0.6) is 0 Å². The molecule has 0 aliphatic carbocycles. The number of hydrogen-bond donors (Lipinski definition) is 22. The average molecular weight is 1510 g/mol. The quantitative estimate of drug-likeness (QED) is 0.0127. The molecule has 594 valence electrons. The lowest BCUT2D eigenvalue weighted by molar-refractivity contribution is -0.348. The van der Waals surface area contributed by atoms with Crippen molar-refractivity contribution in [1.82, 2.24) is 77.9 Å². The number of aliphatic hydroxyl groups excluding tert-OH is 12. The van der Waals surface area contributed by atoms with Crippen molar-refractivity contribution in [2.75, 3.05) is 52.7 Å². The Morgan fingerprint density at radius 3 is 1.29 bits per heavy atom. The third kappa shape index (κ3) is 26.5. The lowest BCUT2D eigenvalue weighted by Crippen LogP contribution is -2.67. The molecule has 22 atom stereocenters. The van der Waals surface area contributed by atoms with Crippen molar-refractivity contribution in [1.29, 1.82) is 0 Å². The Morgan fingerprint density at radius 2 is 0.876 bits per heavy atom. The van der Waals surface area contributed by atoms with Gasteiger partial charge in [0.05, 0.1) is 78.2 Å². The van der Waals surface area contributed by atoms with E-state index in [2.05, 4.69) is 63.2 Å². The lowest BCUT2D eigenvalue weighted by Gasteiger charge is -2.47. The Kier molecular flexibility index (Phi) is 35.8. The zero-order valence-corrected chi connectivity index (χ0v) is 58.0. The summed E-state index contributed by atoms with van der Waals surface area (Å²) in [5, 5.41) is 161. The number of carbonyl (C=O) groups is 9. The number of nitrogens with two attached hydrogens (primary N) is 1. The Bertz CT molecular complexity index is 3090. The number of carbonyl (C=O) groups excluding carboxylic acids is 9. The van der Waals surface area contributed by atoms with E-state index in [9.17, 15) is 104 Å². The first-order valence-corrected chi connectivity index (χ1v) is 34.1. The maximum Gasteiger partial charge on any atom is 0.242 e. The number of unbranched alkanes of at least 4 members (excludes halogenated alkanes) is 2. The van der Waals surface area contributed by atoms with Crippen molar-refractivity contribution in [3.05, 3.63) is 23.8 Å². The summed E-state index contributed by atoms with van der Waals surface area (Å²) in [6, 6.07) is -5.04. The fourth-order valence-electron chi connectivity index (χ4n) is 11.5. The Balaban J connectivity index is 0.920. The van der Waals surface area contributed by atoms with Gasteiger partial charge in [0.2, 0.25) is 53.2 Å². The van der Waals surface area contributed by atoms with Gasteiger partial charge in [-0.05, 0) is 32.1 Å². The average Bonchev–Trinajstić information content (AvgIpc) is 1.26. The summed E-state index contributed by atoms with van der Waals surface area (Å²) in [6.07, 6.45) is -25.1. The first-order chi connectivity index (χ1) is 50.1. The molecule has 4 saturated heterocycles. The number of aromatic nitrogens is 6. The van der Waals surface area contributed by atoms with Gasteiger partial charge in [-0.25, -0.2) is 15.2 Å². The van der Waals surface area contributed by atoms with Gasteiger partial charge in [0, 0.05) is 59.5 Å². The van der Waals surface area contributed by atoms with Crippen LogP contribution in [0, 0.1) is 0 Å². The van der Waals surface area contributed by atoms with Crippen molar-refractivity contribution in [3.63, 3.8) is 0 Å². The van der Waals surface area contributed by atoms with Crippen LogP contribution < -0.4 is 53.8 Å². The van der Waals surface area contributed by atoms with E-state index in [1.807, 2.05) is 5.43 Å². The molecule has 4 aliphatic heterocycles. The van der Waals surface area contributed by atoms with E-state index in [1.54, 1.807) is 0 Å². The fraction of sp³-hybridized carbons (Fsp3) is 0.783. The van der Waals surface area contributed by atoms with Crippen LogP contribution in [0.4, 0.5) is 0 Å². The molecule has 105 heavy (non-hydrogen) atoms. The van der Waals surface area contributed by atoms with Gasteiger partial charge >= 0.3 is 0 Å². The molecule has 2 unspecified atom stereocenters. The van der Waals surface area contributed by atoms with Gasteiger partial charge in [0.25, 0.3) is 0 Å². The summed E-state index contributed by atoms with van der Waals surface area (Å²) in [7, 11) is 0. The molecule has 2 aromatic rings. The van der Waals surface area contributed by atoms with Gasteiger partial charge in [0.15, 0.2) is 25.2 Å². The summed E-state index contributed by atoms with van der Waals surface area (Å²) < 4.78 is 48.3. The maximum absolute atomic E-state index is 13.5. The third-order valence-electron chi connectivity index (χ3n) is 17.1. The number of amides is 9. The molecule has 6 heterocycles. The van der Waals surface area contributed by atoms with Crippen molar-refractivity contribution < 1.29 is 142 Å². The number of nitrogens with zero attached hydrogens (tertiary/aromatic N) is 6. The summed E-state index contributed by atoms with van der Waals surface area (Å²) in [6.45, 7) is -0.0950. The van der Waals surface area contributed by atoms with Crippen LogP contribution in [0.15, 0.2) is 12.4 Å². The monoisotopic (exact) mass is 1510 g/mol. The van der Waals surface area contributed by atoms with Gasteiger partial charge in [-0.15, -0.1) is 10.2 Å². The zero-order chi connectivity index (χ0) is 77.0. The minimum atomic E-state index is -1.86. The van der Waals surface area contributed by atoms with Crippen LogP contribution in [0.1, 0.15) is 96.4 Å². The van der Waals surface area contributed by atoms with E-state index in [4.69, 9.17) is 43.7 Å². The van der Waals surface area contributed by atoms with Gasteiger partial charge in [-0.1, -0.05) is 16.8 Å². The molecule has 0 spiro atoms. The third-order valence-corrected chi connectivity index (χ3v) is 17.1. The minimum absolute atomic E-state index is 0.00412. The number of nitrogens with one attached hydrogen (secondary N) is 9. The zero-order valence-electron chi connectivity index (χ0n) is 58.0. The molecule has 0 radical (unpaired) electrons. The number of rotatable bonds is 42. The maximum atomic E-state index is 13.5. The minimum Gasteiger partial charge on any atom is -0.394 e. The van der Waals surface area contributed by atoms with Gasteiger partial charge < -0.3 is 142 Å². The standard InChI is InChI=1S/C60H100N16O29/c1-28(81)66-33(10-12-39(84)64-20-31-22-75(73-71-31)16-18-98-57-43(67-29(2)82)47(90)53(37(26-79)102-57)104-59-51(94)49(92)45(88)35(24-77)100-59)55(96)63-15-7-9-41(86)69-34(56(97)62-14-6-4-5-8-42(87)70-61)11-13-40(85)65-21-32-23-76(74-72-32)17-19-99-58-44(68-30(3)83)48(91)54(38(27-80)103-58)105-60-52(95)50(93)46(89)36(25-78)101-60/h22-23,33-38,43-54,57-60,77-80,88-95H,4-21,24-27,61H2,1-3H3,(H,62,97)(H,63,96)(H,64,84)(H,65,85)(H,66,81)(H,67,82)(H,68,83)(H,69,86)(H,70,87)/t33?,34?,35-,36-,37-,38-,43-,44-,45+,46+,47-,48-,49+,50+,51-,52-,53-,54-,57-,58-,59+,60+/m1/s1. The molecule has 4 fully saturated rings. The van der Waals surface area contributed by atoms with Crippen LogP contribution in [0.3, 0.4) is 0 Å². The Morgan fingerprint density at radius 1 is 0.467 bits per heavy atom. The number of ether oxygens (including phenoxy) is 8. The summed E-state index contributed by atoms with van der Waals surface area (Å²) in [4.78, 5) is 114. The van der Waals surface area contributed by atoms with E-state index >= 15 is 0 Å². The van der Waals surface area contributed by atoms with E-state index < -0.39 is 208 Å². The smallest absolute Gasteiger partial charge is 0.242 e. The van der Waals surface area contributed by atoms with Crippen molar-refractivity contribution >= 4 is 53.2 Å². The molecule has 9 amide bonds. The van der Waals surface area contributed by atoms with Crippen molar-refractivity contribution in [2.24, 2.45) is 5.84 Å². The molecule has 6 rings (SSSR count). The highest BCUT2D eigenvalue weighted by molar-refractivity contribution is 5.89. The second kappa shape index (κ2) is 43.5. The van der Waals surface area contributed by atoms with Crippen LogP contribution in [0.25, 0.3) is 0 Å². The van der Waals surface area contributed by atoms with Gasteiger partial charge in [-0.2, -0.15) is 0 Å². The Hall–Kier alpha value is -7.33. The molecular formula is C60H100N16O29. The van der Waals surface area contributed by atoms with E-state index in [1.165, 1.54) is 28.7 Å². The second-order valence-electron chi connectivity index (χ2n) is 25.2. The topological polar surface area (TPSA) is 666 Å². The predicted octanol–water partition coefficient (Wildman–Crippen LogP) is -12.5. The molecule has 0 saturated carbocycles. The van der Waals surface area contributed by atoms with Crippen LogP contribution in [-0.4, -0.2) is 332 Å². The second-order valence-corrected chi connectivity index (χ2v) is 25.2. The van der Waals surface area contributed by atoms with E-state index in [0.717, 1.165) is 13.8 Å². The van der Waals surface area contributed by atoms with Crippen LogP contribution in [-0.2, 0) is 107 Å². The molecule has 45 nitrogen and oxygen atoms in total. The van der Waals surface area contributed by atoms with E-state index in [0.29, 0.717) is 25.0 Å². The summed E-state index contributed by atoms with van der Waals surface area (Å²) >= 11 is 0. The van der Waals surface area contributed by atoms with Crippen LogP contribution >= 0.6 is 0 Å². The van der Waals surface area contributed by atoms with Crippen molar-refractivity contribution in [2.45, 2.75) is 246 Å². The number of hydrogen-bond acceptors (Lipinski definition) is 34. The molecule has 2 aromatic heterocycles. The van der Waals surface area contributed by atoms with Crippen LogP contribution in [0.2, 0.25) is 0 Å². The highest BCUT2D eigenvalue weighted by Crippen LogP contribution is 2.32. The highest BCUT2D eigenvalue weighted by atomic mass is 16.7. The highest BCUT2D eigenvalue weighted by Gasteiger charge is 2.53. The summed E-state index contributed by atoms with van der Waals surface area (Å²) in [5.41, 5.74) is 2.62. The molecule has 4 aliphatic rings. The van der Waals surface area contributed by atoms with Gasteiger partial charge in [-0.3, -0.25) is 48.6 Å². The fourth-order valence-corrected chi connectivity index (χ4v) is 11.5. The summed E-state index contributed by atoms with van der Waals surface area (Å²) in [5.74, 6) is 0.0192. The number of aliphatic hydroxyl groups is 12.